The molecule has 2 atom stereocenters. The van der Waals surface area contributed by atoms with Crippen LogP contribution in [-0.2, 0) is 11.2 Å². The molecule has 3 rings (SSSR count). The Morgan fingerprint density at radius 2 is 1.75 bits per heavy atom. The van der Waals surface area contributed by atoms with Crippen molar-refractivity contribution in [2.24, 2.45) is 5.41 Å². The van der Waals surface area contributed by atoms with Crippen molar-refractivity contribution in [1.29, 1.82) is 0 Å². The Labute approximate surface area is 145 Å². The van der Waals surface area contributed by atoms with Crippen LogP contribution < -0.4 is 0 Å². The van der Waals surface area contributed by atoms with E-state index in [-0.39, 0.29) is 11.5 Å². The number of amides is 1. The fraction of sp³-hybridized carbons (Fsp3) is 0.409. The minimum absolute atomic E-state index is 0.143. The van der Waals surface area contributed by atoms with E-state index in [1.807, 2.05) is 18.2 Å². The van der Waals surface area contributed by atoms with Gasteiger partial charge in [0, 0.05) is 6.54 Å². The number of carbonyl (C=O) groups excluding carboxylic acids is 1. The van der Waals surface area contributed by atoms with Crippen LogP contribution in [0.3, 0.4) is 0 Å². The lowest BCUT2D eigenvalue weighted by molar-refractivity contribution is -0.138. The smallest absolute Gasteiger partial charge is 0.229 e. The van der Waals surface area contributed by atoms with Crippen LogP contribution in [0.25, 0.3) is 0 Å². The standard InChI is InChI=1S/C22H27NO/c1-4-22(16-20-13-9-8-10-17(20)2)14-15-23(21(22)24)18(3)19-11-6-5-7-12-19/h5-13,18H,4,14-16H2,1-3H3/t18-,22+/m1/s1. The molecule has 2 aromatic carbocycles. The molecule has 0 saturated carbocycles. The van der Waals surface area contributed by atoms with E-state index in [1.165, 1.54) is 16.7 Å². The van der Waals surface area contributed by atoms with Crippen molar-refractivity contribution in [2.75, 3.05) is 6.54 Å². The summed E-state index contributed by atoms with van der Waals surface area (Å²) in [5, 5.41) is 0. The molecule has 1 amide bonds. The zero-order chi connectivity index (χ0) is 17.2. The number of hydrogen-bond donors (Lipinski definition) is 0. The molecule has 0 radical (unpaired) electrons. The summed E-state index contributed by atoms with van der Waals surface area (Å²) >= 11 is 0. The molecule has 24 heavy (non-hydrogen) atoms. The molecule has 1 aliphatic heterocycles. The van der Waals surface area contributed by atoms with Crippen LogP contribution in [0.4, 0.5) is 0 Å². The van der Waals surface area contributed by atoms with Crippen LogP contribution in [0.5, 0.6) is 0 Å². The van der Waals surface area contributed by atoms with Crippen molar-refractivity contribution < 1.29 is 4.79 Å². The molecule has 0 aromatic heterocycles. The van der Waals surface area contributed by atoms with Gasteiger partial charge in [0.1, 0.15) is 0 Å². The van der Waals surface area contributed by atoms with E-state index in [9.17, 15) is 4.79 Å². The van der Waals surface area contributed by atoms with Crippen LogP contribution in [0.15, 0.2) is 54.6 Å². The van der Waals surface area contributed by atoms with E-state index in [2.05, 4.69) is 62.1 Å². The van der Waals surface area contributed by atoms with Crippen LogP contribution in [-0.4, -0.2) is 17.4 Å². The van der Waals surface area contributed by atoms with Crippen LogP contribution in [0, 0.1) is 12.3 Å². The van der Waals surface area contributed by atoms with Crippen LogP contribution in [0.2, 0.25) is 0 Å². The zero-order valence-corrected chi connectivity index (χ0v) is 15.0. The van der Waals surface area contributed by atoms with Crippen molar-refractivity contribution in [1.82, 2.24) is 4.90 Å². The lowest BCUT2D eigenvalue weighted by Gasteiger charge is -2.30. The normalized spacial score (nSPS) is 22.0. The quantitative estimate of drug-likeness (QED) is 0.765. The molecule has 0 N–H and O–H groups in total. The van der Waals surface area contributed by atoms with Gasteiger partial charge in [-0.2, -0.15) is 0 Å². The van der Waals surface area contributed by atoms with E-state index in [0.717, 1.165) is 25.8 Å². The zero-order valence-electron chi connectivity index (χ0n) is 15.0. The van der Waals surface area contributed by atoms with Gasteiger partial charge in [0.2, 0.25) is 5.91 Å². The average Bonchev–Trinajstić information content (AvgIpc) is 2.94. The molecular formula is C22H27NO. The first-order valence-corrected chi connectivity index (χ1v) is 8.98. The van der Waals surface area contributed by atoms with E-state index >= 15 is 0 Å². The molecule has 0 unspecified atom stereocenters. The van der Waals surface area contributed by atoms with E-state index in [1.54, 1.807) is 0 Å². The topological polar surface area (TPSA) is 20.3 Å². The van der Waals surface area contributed by atoms with Crippen LogP contribution >= 0.6 is 0 Å². The number of benzene rings is 2. The van der Waals surface area contributed by atoms with Gasteiger partial charge in [-0.15, -0.1) is 0 Å². The summed E-state index contributed by atoms with van der Waals surface area (Å²) in [5.74, 6) is 0.324. The Morgan fingerprint density at radius 3 is 2.42 bits per heavy atom. The lowest BCUT2D eigenvalue weighted by Crippen LogP contribution is -2.37. The van der Waals surface area contributed by atoms with Gasteiger partial charge in [0.15, 0.2) is 0 Å². The summed E-state index contributed by atoms with van der Waals surface area (Å²) in [7, 11) is 0. The van der Waals surface area contributed by atoms with Crippen molar-refractivity contribution in [2.45, 2.75) is 46.1 Å². The summed E-state index contributed by atoms with van der Waals surface area (Å²) in [6.45, 7) is 7.30. The third-order valence-corrected chi connectivity index (χ3v) is 5.76. The molecule has 0 aliphatic carbocycles. The third kappa shape index (κ3) is 2.98. The molecule has 2 aromatic rings. The number of likely N-dealkylation sites (tertiary alicyclic amines) is 1. The molecular weight excluding hydrogens is 294 g/mol. The third-order valence-electron chi connectivity index (χ3n) is 5.76. The van der Waals surface area contributed by atoms with Gasteiger partial charge in [0.25, 0.3) is 0 Å². The summed E-state index contributed by atoms with van der Waals surface area (Å²) in [5.41, 5.74) is 3.57. The monoisotopic (exact) mass is 321 g/mol. The molecule has 1 heterocycles. The second-order valence-corrected chi connectivity index (χ2v) is 7.07. The minimum Gasteiger partial charge on any atom is -0.335 e. The van der Waals surface area contributed by atoms with Crippen molar-refractivity contribution in [3.8, 4) is 0 Å². The first-order valence-electron chi connectivity index (χ1n) is 8.98. The summed E-state index contributed by atoms with van der Waals surface area (Å²) < 4.78 is 0. The van der Waals surface area contributed by atoms with Crippen molar-refractivity contribution >= 4 is 5.91 Å². The molecule has 1 aliphatic rings. The molecule has 1 saturated heterocycles. The average molecular weight is 321 g/mol. The highest BCUT2D eigenvalue weighted by molar-refractivity contribution is 5.85. The van der Waals surface area contributed by atoms with Gasteiger partial charge in [-0.05, 0) is 49.8 Å². The molecule has 126 valence electrons. The number of carbonyl (C=O) groups is 1. The Balaban J connectivity index is 1.84. The number of nitrogens with zero attached hydrogens (tertiary/aromatic N) is 1. The number of hydrogen-bond acceptors (Lipinski definition) is 1. The molecule has 0 spiro atoms. The SMILES string of the molecule is CC[C@@]1(Cc2ccccc2C)CCN([C@H](C)c2ccccc2)C1=O. The van der Waals surface area contributed by atoms with Gasteiger partial charge in [-0.3, -0.25) is 4.79 Å². The first kappa shape index (κ1) is 16.8. The maximum Gasteiger partial charge on any atom is 0.229 e. The molecule has 2 nitrogen and oxygen atoms in total. The van der Waals surface area contributed by atoms with Gasteiger partial charge < -0.3 is 4.90 Å². The maximum atomic E-state index is 13.3. The second-order valence-electron chi connectivity index (χ2n) is 7.07. The molecule has 2 heteroatoms. The maximum absolute atomic E-state index is 13.3. The van der Waals surface area contributed by atoms with Crippen molar-refractivity contribution in [3.63, 3.8) is 0 Å². The predicted molar refractivity (Wildman–Crippen MR) is 98.8 cm³/mol. The van der Waals surface area contributed by atoms with E-state index < -0.39 is 0 Å². The Morgan fingerprint density at radius 1 is 1.08 bits per heavy atom. The second kappa shape index (κ2) is 6.80. The largest absolute Gasteiger partial charge is 0.335 e. The fourth-order valence-corrected chi connectivity index (χ4v) is 3.92. The number of aryl methyl sites for hydroxylation is 1. The van der Waals surface area contributed by atoms with Gasteiger partial charge in [0.05, 0.1) is 11.5 Å². The van der Waals surface area contributed by atoms with E-state index in [4.69, 9.17) is 0 Å². The van der Waals surface area contributed by atoms with E-state index in [0.29, 0.717) is 5.91 Å². The summed E-state index contributed by atoms with van der Waals surface area (Å²) in [4.78, 5) is 15.4. The predicted octanol–water partition coefficient (Wildman–Crippen LogP) is 4.93. The van der Waals surface area contributed by atoms with Gasteiger partial charge in [-0.1, -0.05) is 61.5 Å². The number of rotatable bonds is 5. The molecule has 1 fully saturated rings. The van der Waals surface area contributed by atoms with Crippen molar-refractivity contribution in [3.05, 3.63) is 71.3 Å². The van der Waals surface area contributed by atoms with Gasteiger partial charge >= 0.3 is 0 Å². The Hall–Kier alpha value is -2.09. The first-order chi connectivity index (χ1) is 11.6. The Kier molecular flexibility index (Phi) is 4.75. The lowest BCUT2D eigenvalue weighted by atomic mass is 9.77. The van der Waals surface area contributed by atoms with Gasteiger partial charge in [-0.25, -0.2) is 0 Å². The summed E-state index contributed by atoms with van der Waals surface area (Å²) in [6, 6.07) is 19.0. The highest BCUT2D eigenvalue weighted by atomic mass is 16.2. The highest BCUT2D eigenvalue weighted by Gasteiger charge is 2.46. The Bertz CT molecular complexity index is 709. The fourth-order valence-electron chi connectivity index (χ4n) is 3.92. The highest BCUT2D eigenvalue weighted by Crippen LogP contribution is 2.42. The summed E-state index contributed by atoms with van der Waals surface area (Å²) in [6.07, 6.45) is 2.71. The molecule has 0 bridgehead atoms. The van der Waals surface area contributed by atoms with Crippen LogP contribution in [0.1, 0.15) is 49.4 Å². The minimum atomic E-state index is -0.241.